The summed E-state index contributed by atoms with van der Waals surface area (Å²) in [7, 11) is 0. The van der Waals surface area contributed by atoms with E-state index in [-0.39, 0.29) is 0 Å². The van der Waals surface area contributed by atoms with Crippen LogP contribution in [-0.4, -0.2) is 19.9 Å². The third kappa shape index (κ3) is 2.01. The highest BCUT2D eigenvalue weighted by Crippen LogP contribution is 2.25. The van der Waals surface area contributed by atoms with Gasteiger partial charge in [-0.3, -0.25) is 15.0 Å². The fourth-order valence-corrected chi connectivity index (χ4v) is 2.98. The summed E-state index contributed by atoms with van der Waals surface area (Å²) in [4.78, 5) is 18.3. The first-order valence-corrected chi connectivity index (χ1v) is 7.74. The lowest BCUT2D eigenvalue weighted by Gasteiger charge is -2.06. The smallest absolute Gasteiger partial charge is 0.0988 e. The molecule has 112 valence electrons. The normalized spacial score (nSPS) is 11.3. The molecule has 0 amide bonds. The van der Waals surface area contributed by atoms with Crippen molar-refractivity contribution in [2.45, 2.75) is 0 Å². The maximum Gasteiger partial charge on any atom is 0.0988 e. The summed E-state index contributed by atoms with van der Waals surface area (Å²) in [6.45, 7) is 0. The molecule has 0 saturated carbocycles. The average Bonchev–Trinajstić information content (AvgIpc) is 2.67. The zero-order valence-electron chi connectivity index (χ0n) is 12.7. The van der Waals surface area contributed by atoms with Crippen LogP contribution in [0.25, 0.3) is 44.1 Å². The third-order valence-corrected chi connectivity index (χ3v) is 4.18. The molecule has 0 N–H and O–H groups in total. The van der Waals surface area contributed by atoms with Gasteiger partial charge in [0, 0.05) is 28.7 Å². The molecule has 4 heteroatoms. The van der Waals surface area contributed by atoms with Crippen LogP contribution in [0.5, 0.6) is 0 Å². The molecule has 0 fully saturated rings. The molecular weight excluding hydrogens is 296 g/mol. The van der Waals surface area contributed by atoms with Gasteiger partial charge in [-0.25, -0.2) is 4.98 Å². The molecule has 0 aliphatic rings. The molecule has 3 heterocycles. The van der Waals surface area contributed by atoms with Crippen molar-refractivity contribution in [3.63, 3.8) is 0 Å². The lowest BCUT2D eigenvalue weighted by Crippen LogP contribution is -1.91. The molecule has 0 spiro atoms. The molecule has 0 unspecified atom stereocenters. The minimum Gasteiger partial charge on any atom is -0.256 e. The zero-order valence-corrected chi connectivity index (χ0v) is 12.7. The van der Waals surface area contributed by atoms with Gasteiger partial charge in [0.15, 0.2) is 0 Å². The molecule has 0 aliphatic carbocycles. The van der Waals surface area contributed by atoms with Gasteiger partial charge in [-0.15, -0.1) is 0 Å². The second-order valence-corrected chi connectivity index (χ2v) is 5.68. The van der Waals surface area contributed by atoms with E-state index >= 15 is 0 Å². The molecule has 0 atom stereocenters. The Labute approximate surface area is 137 Å². The number of benzene rings is 2. The summed E-state index contributed by atoms with van der Waals surface area (Å²) in [6.07, 6.45) is 5.44. The van der Waals surface area contributed by atoms with E-state index in [9.17, 15) is 0 Å². The summed E-state index contributed by atoms with van der Waals surface area (Å²) in [5.41, 5.74) is 5.41. The molecule has 0 saturated heterocycles. The Morgan fingerprint density at radius 3 is 2.54 bits per heavy atom. The van der Waals surface area contributed by atoms with E-state index < -0.39 is 0 Å². The lowest BCUT2D eigenvalue weighted by molar-refractivity contribution is 1.28. The van der Waals surface area contributed by atoms with E-state index in [1.54, 1.807) is 12.4 Å². The van der Waals surface area contributed by atoms with E-state index in [1.807, 2.05) is 48.7 Å². The molecule has 5 rings (SSSR count). The molecular formula is C20H12N4. The van der Waals surface area contributed by atoms with Crippen LogP contribution in [0.1, 0.15) is 0 Å². The van der Waals surface area contributed by atoms with Crippen LogP contribution in [0.15, 0.2) is 73.2 Å². The number of hydrogen-bond donors (Lipinski definition) is 0. The molecule has 4 nitrogen and oxygen atoms in total. The number of pyridine rings is 2. The third-order valence-electron chi connectivity index (χ3n) is 4.18. The predicted molar refractivity (Wildman–Crippen MR) is 95.6 cm³/mol. The molecule has 5 aromatic rings. The Morgan fingerprint density at radius 2 is 1.54 bits per heavy atom. The van der Waals surface area contributed by atoms with E-state index in [4.69, 9.17) is 4.98 Å². The number of para-hydroxylation sites is 1. The van der Waals surface area contributed by atoms with Crippen molar-refractivity contribution in [2.24, 2.45) is 0 Å². The summed E-state index contributed by atoms with van der Waals surface area (Å²) in [5.74, 6) is 0. The first-order chi connectivity index (χ1) is 11.9. The van der Waals surface area contributed by atoms with Gasteiger partial charge >= 0.3 is 0 Å². The van der Waals surface area contributed by atoms with E-state index in [0.29, 0.717) is 0 Å². The largest absolute Gasteiger partial charge is 0.256 e. The molecule has 0 aliphatic heterocycles. The maximum absolute atomic E-state index is 4.84. The number of nitrogens with zero attached hydrogens (tertiary/aromatic N) is 4. The van der Waals surface area contributed by atoms with Crippen LogP contribution in [0, 0.1) is 0 Å². The van der Waals surface area contributed by atoms with Crippen LogP contribution in [-0.2, 0) is 0 Å². The summed E-state index contributed by atoms with van der Waals surface area (Å²) in [6, 6.07) is 18.0. The van der Waals surface area contributed by atoms with Gasteiger partial charge in [-0.2, -0.15) is 0 Å². The van der Waals surface area contributed by atoms with Crippen LogP contribution in [0.3, 0.4) is 0 Å². The highest BCUT2D eigenvalue weighted by atomic mass is 14.8. The van der Waals surface area contributed by atoms with Gasteiger partial charge in [0.1, 0.15) is 0 Å². The Bertz CT molecular complexity index is 1210. The first-order valence-electron chi connectivity index (χ1n) is 7.74. The lowest BCUT2D eigenvalue weighted by atomic mass is 10.1. The summed E-state index contributed by atoms with van der Waals surface area (Å²) in [5, 5.41) is 2.11. The fourth-order valence-electron chi connectivity index (χ4n) is 2.98. The standard InChI is InChI=1S/C20H12N4/c1-2-6-16-13(4-1)10-14(11-22-16)19-12-23-18-8-7-17-15(20(18)24-19)5-3-9-21-17/h1-12H. The topological polar surface area (TPSA) is 51.6 Å². The van der Waals surface area contributed by atoms with Gasteiger partial charge < -0.3 is 0 Å². The zero-order chi connectivity index (χ0) is 15.9. The maximum atomic E-state index is 4.84. The SMILES string of the molecule is c1ccc2ncc(-c3cnc4ccc5ncccc5c4n3)cc2c1. The molecule has 2 aromatic carbocycles. The highest BCUT2D eigenvalue weighted by Gasteiger charge is 2.07. The summed E-state index contributed by atoms with van der Waals surface area (Å²) >= 11 is 0. The number of fused-ring (bicyclic) bond motifs is 4. The minimum atomic E-state index is 0.817. The molecule has 0 bridgehead atoms. The first kappa shape index (κ1) is 13.1. The highest BCUT2D eigenvalue weighted by molar-refractivity contribution is 6.02. The predicted octanol–water partition coefficient (Wildman–Crippen LogP) is 4.39. The van der Waals surface area contributed by atoms with Crippen molar-refractivity contribution in [3.8, 4) is 11.3 Å². The Hall–Kier alpha value is -3.40. The molecule has 0 radical (unpaired) electrons. The minimum absolute atomic E-state index is 0.817. The molecule has 3 aromatic heterocycles. The monoisotopic (exact) mass is 308 g/mol. The molecule has 24 heavy (non-hydrogen) atoms. The Morgan fingerprint density at radius 1 is 0.667 bits per heavy atom. The van der Waals surface area contributed by atoms with Crippen molar-refractivity contribution in [3.05, 3.63) is 73.2 Å². The van der Waals surface area contributed by atoms with E-state index in [2.05, 4.69) is 27.1 Å². The summed E-state index contributed by atoms with van der Waals surface area (Å²) < 4.78 is 0. The Kier molecular flexibility index (Phi) is 2.76. The number of rotatable bonds is 1. The van der Waals surface area contributed by atoms with Crippen molar-refractivity contribution < 1.29 is 0 Å². The van der Waals surface area contributed by atoms with E-state index in [0.717, 1.165) is 44.1 Å². The fraction of sp³-hybridized carbons (Fsp3) is 0. The quantitative estimate of drug-likeness (QED) is 0.431. The number of aromatic nitrogens is 4. The average molecular weight is 308 g/mol. The van der Waals surface area contributed by atoms with Crippen LogP contribution < -0.4 is 0 Å². The van der Waals surface area contributed by atoms with Crippen molar-refractivity contribution in [2.75, 3.05) is 0 Å². The second-order valence-electron chi connectivity index (χ2n) is 5.68. The van der Waals surface area contributed by atoms with Gasteiger partial charge in [-0.05, 0) is 36.4 Å². The van der Waals surface area contributed by atoms with Gasteiger partial charge in [0.25, 0.3) is 0 Å². The Balaban J connectivity index is 1.77. The van der Waals surface area contributed by atoms with Crippen LogP contribution >= 0.6 is 0 Å². The van der Waals surface area contributed by atoms with Crippen LogP contribution in [0.2, 0.25) is 0 Å². The van der Waals surface area contributed by atoms with Gasteiger partial charge in [-0.1, -0.05) is 18.2 Å². The van der Waals surface area contributed by atoms with Crippen molar-refractivity contribution >= 4 is 32.8 Å². The second kappa shape index (κ2) is 5.06. The van der Waals surface area contributed by atoms with Crippen molar-refractivity contribution in [1.29, 1.82) is 0 Å². The van der Waals surface area contributed by atoms with Crippen LogP contribution in [0.4, 0.5) is 0 Å². The van der Waals surface area contributed by atoms with Gasteiger partial charge in [0.2, 0.25) is 0 Å². The van der Waals surface area contributed by atoms with Crippen molar-refractivity contribution in [1.82, 2.24) is 19.9 Å². The van der Waals surface area contributed by atoms with E-state index in [1.165, 1.54) is 0 Å². The number of hydrogen-bond acceptors (Lipinski definition) is 4. The van der Waals surface area contributed by atoms with Gasteiger partial charge in [0.05, 0.1) is 34.0 Å².